The van der Waals surface area contributed by atoms with Crippen LogP contribution in [0.15, 0.2) is 72.3 Å². The molecule has 3 aromatic carbocycles. The second kappa shape index (κ2) is 13.1. The molecule has 0 aliphatic carbocycles. The Hall–Kier alpha value is -3.31. The van der Waals surface area contributed by atoms with Gasteiger partial charge < -0.3 is 9.64 Å². The van der Waals surface area contributed by atoms with Gasteiger partial charge >= 0.3 is 6.09 Å². The van der Waals surface area contributed by atoms with Crippen LogP contribution in [0.1, 0.15) is 35.2 Å². The molecule has 2 fully saturated rings. The number of sulfone groups is 1. The van der Waals surface area contributed by atoms with Gasteiger partial charge in [-0.25, -0.2) is 22.0 Å². The highest BCUT2D eigenvalue weighted by molar-refractivity contribution is 8.00. The van der Waals surface area contributed by atoms with Gasteiger partial charge in [0.2, 0.25) is 0 Å². The number of carbonyl (C=O) groups is 1. The van der Waals surface area contributed by atoms with Crippen LogP contribution in [-0.2, 0) is 21.1 Å². The van der Waals surface area contributed by atoms with Crippen molar-refractivity contribution in [2.75, 3.05) is 52.1 Å². The number of benzene rings is 3. The number of likely N-dealkylation sites (tertiary alicyclic amines) is 1. The molecular weight excluding hydrogens is 596 g/mol. The number of hydrogen-bond donors (Lipinski definition) is 0. The summed E-state index contributed by atoms with van der Waals surface area (Å²) in [7, 11) is -3.76. The van der Waals surface area contributed by atoms with Crippen molar-refractivity contribution in [3.63, 3.8) is 0 Å². The van der Waals surface area contributed by atoms with Crippen LogP contribution in [0, 0.1) is 11.6 Å². The van der Waals surface area contributed by atoms with Gasteiger partial charge in [-0.15, -0.1) is 0 Å². The normalized spacial score (nSPS) is 17.0. The molecule has 43 heavy (non-hydrogen) atoms. The number of hydrogen-bond acceptors (Lipinski definition) is 6. The van der Waals surface area contributed by atoms with Gasteiger partial charge in [-0.1, -0.05) is 48.0 Å². The molecule has 2 saturated heterocycles. The lowest BCUT2D eigenvalue weighted by atomic mass is 9.91. The van der Waals surface area contributed by atoms with E-state index in [1.54, 1.807) is 11.8 Å². The number of rotatable bonds is 8. The molecule has 0 spiro atoms. The summed E-state index contributed by atoms with van der Waals surface area (Å²) in [4.78, 5) is 18.1. The maximum absolute atomic E-state index is 14.0. The Balaban J connectivity index is 1.35. The van der Waals surface area contributed by atoms with Crippen molar-refractivity contribution < 1.29 is 26.7 Å². The molecule has 0 unspecified atom stereocenters. The lowest BCUT2D eigenvalue weighted by Crippen LogP contribution is -2.48. The number of ether oxygens (including phenoxy) is 1. The summed E-state index contributed by atoms with van der Waals surface area (Å²) in [5, 5.41) is 0.609. The highest BCUT2D eigenvalue weighted by atomic mass is 35.5. The highest BCUT2D eigenvalue weighted by Crippen LogP contribution is 2.39. The van der Waals surface area contributed by atoms with E-state index >= 15 is 0 Å². The molecule has 0 saturated carbocycles. The zero-order chi connectivity index (χ0) is 30.7. The number of piperazine rings is 1. The van der Waals surface area contributed by atoms with Crippen LogP contribution in [0.3, 0.4) is 0 Å². The monoisotopic (exact) mass is 629 g/mol. The van der Waals surface area contributed by atoms with Crippen LogP contribution in [0.2, 0.25) is 5.02 Å². The molecule has 0 bridgehead atoms. The number of carbonyl (C=O) groups excluding carboxylic acids is 1. The predicted octanol–water partition coefficient (Wildman–Crippen LogP) is 5.75. The maximum Gasteiger partial charge on any atom is 0.409 e. The van der Waals surface area contributed by atoms with E-state index in [0.717, 1.165) is 60.8 Å². The van der Waals surface area contributed by atoms with Crippen molar-refractivity contribution in [3.05, 3.63) is 111 Å². The van der Waals surface area contributed by atoms with E-state index < -0.39 is 21.5 Å². The molecule has 11 heteroatoms. The van der Waals surface area contributed by atoms with Gasteiger partial charge in [-0.2, -0.15) is 0 Å². The van der Waals surface area contributed by atoms with Gasteiger partial charge in [0.1, 0.15) is 11.6 Å². The van der Waals surface area contributed by atoms with Crippen LogP contribution in [0.25, 0.3) is 4.91 Å². The predicted molar refractivity (Wildman–Crippen MR) is 163 cm³/mol. The largest absolute Gasteiger partial charge is 0.450 e. The fourth-order valence-corrected chi connectivity index (χ4v) is 7.09. The first-order valence-corrected chi connectivity index (χ1v) is 16.4. The van der Waals surface area contributed by atoms with Crippen molar-refractivity contribution in [1.82, 2.24) is 14.7 Å². The standard InChI is InChI=1S/C32H34ClF2N3O4S/c1-3-42-32(39)37-14-12-36(13-15-37)19-22-4-6-23(7-5-22)30(24-8-10-27(33)11-9-24)38-20-26(21-38)31(43(2,40)41)25-16-28(34)18-29(35)17-25/h4-11,16-18,30H,3,12-15,19-21H2,1-2H3/t30-/m0/s1. The summed E-state index contributed by atoms with van der Waals surface area (Å²) in [5.74, 6) is -1.65. The summed E-state index contributed by atoms with van der Waals surface area (Å²) in [6.45, 7) is 6.32. The Morgan fingerprint density at radius 1 is 0.907 bits per heavy atom. The molecule has 1 amide bonds. The molecule has 228 valence electrons. The Morgan fingerprint density at radius 2 is 1.47 bits per heavy atom. The average molecular weight is 630 g/mol. The lowest BCUT2D eigenvalue weighted by molar-refractivity contribution is 0.0778. The molecule has 3 aromatic rings. The Morgan fingerprint density at radius 3 is 2.00 bits per heavy atom. The van der Waals surface area contributed by atoms with Gasteiger partial charge in [-0.05, 0) is 59.0 Å². The minimum atomic E-state index is -3.76. The van der Waals surface area contributed by atoms with E-state index in [1.165, 1.54) is 0 Å². The van der Waals surface area contributed by atoms with Crippen molar-refractivity contribution in [3.8, 4) is 0 Å². The topological polar surface area (TPSA) is 70.2 Å². The number of amides is 1. The van der Waals surface area contributed by atoms with E-state index in [-0.39, 0.29) is 22.6 Å². The van der Waals surface area contributed by atoms with Gasteiger partial charge in [0.15, 0.2) is 9.84 Å². The zero-order valence-corrected chi connectivity index (χ0v) is 25.7. The molecular formula is C32H34ClF2N3O4S. The number of nitrogens with zero attached hydrogens (tertiary/aromatic N) is 3. The van der Waals surface area contributed by atoms with Gasteiger partial charge in [0.05, 0.1) is 17.6 Å². The zero-order valence-electron chi connectivity index (χ0n) is 24.1. The van der Waals surface area contributed by atoms with Crippen LogP contribution in [0.5, 0.6) is 0 Å². The minimum Gasteiger partial charge on any atom is -0.450 e. The van der Waals surface area contributed by atoms with Gasteiger partial charge in [0, 0.05) is 63.2 Å². The van der Waals surface area contributed by atoms with Crippen LogP contribution >= 0.6 is 11.6 Å². The average Bonchev–Trinajstić information content (AvgIpc) is 2.93. The van der Waals surface area contributed by atoms with Gasteiger partial charge in [0.25, 0.3) is 0 Å². The quantitative estimate of drug-likeness (QED) is 0.316. The Labute approximate surface area is 256 Å². The molecule has 2 aliphatic heterocycles. The van der Waals surface area contributed by atoms with E-state index in [4.69, 9.17) is 16.3 Å². The number of halogens is 3. The van der Waals surface area contributed by atoms with E-state index in [2.05, 4.69) is 34.1 Å². The fourth-order valence-electron chi connectivity index (χ4n) is 5.76. The van der Waals surface area contributed by atoms with Crippen molar-refractivity contribution in [2.24, 2.45) is 0 Å². The molecule has 1 atom stereocenters. The molecule has 2 heterocycles. The van der Waals surface area contributed by atoms with Crippen LogP contribution in [-0.4, -0.2) is 81.3 Å². The maximum atomic E-state index is 14.0. The van der Waals surface area contributed by atoms with Crippen molar-refractivity contribution >= 4 is 32.4 Å². The third-order valence-corrected chi connectivity index (χ3v) is 9.27. The van der Waals surface area contributed by atoms with Crippen molar-refractivity contribution in [1.29, 1.82) is 0 Å². The summed E-state index contributed by atoms with van der Waals surface area (Å²) in [6, 6.07) is 18.5. The molecule has 0 N–H and O–H groups in total. The third-order valence-electron chi connectivity index (χ3n) is 7.76. The molecule has 7 nitrogen and oxygen atoms in total. The first-order chi connectivity index (χ1) is 20.5. The Kier molecular flexibility index (Phi) is 9.51. The van der Waals surface area contributed by atoms with E-state index in [9.17, 15) is 22.0 Å². The lowest BCUT2D eigenvalue weighted by Gasteiger charge is -2.42. The second-order valence-corrected chi connectivity index (χ2v) is 13.3. The highest BCUT2D eigenvalue weighted by Gasteiger charge is 2.35. The summed E-state index contributed by atoms with van der Waals surface area (Å²) in [6.07, 6.45) is 0.794. The summed E-state index contributed by atoms with van der Waals surface area (Å²) < 4.78 is 58.6. The first-order valence-electron chi connectivity index (χ1n) is 14.1. The SMILES string of the molecule is CCOC(=O)N1CCN(Cc2ccc([C@@H](c3ccc(Cl)cc3)N3CC(=C(c4cc(F)cc(F)c4)S(C)(=O)=O)C3)cc2)CC1. The van der Waals surface area contributed by atoms with Crippen LogP contribution in [0.4, 0.5) is 13.6 Å². The van der Waals surface area contributed by atoms with E-state index in [1.807, 2.05) is 24.3 Å². The molecule has 0 aromatic heterocycles. The fraction of sp³-hybridized carbons (Fsp3) is 0.344. The second-order valence-electron chi connectivity index (χ2n) is 10.9. The molecule has 5 rings (SSSR count). The third kappa shape index (κ3) is 7.44. The summed E-state index contributed by atoms with van der Waals surface area (Å²) in [5.41, 5.74) is 3.77. The van der Waals surface area contributed by atoms with Gasteiger partial charge in [-0.3, -0.25) is 9.80 Å². The summed E-state index contributed by atoms with van der Waals surface area (Å²) >= 11 is 6.17. The Bertz CT molecular complexity index is 1580. The minimum absolute atomic E-state index is 0.0186. The molecule has 2 aliphatic rings. The smallest absolute Gasteiger partial charge is 0.409 e. The first kappa shape index (κ1) is 31.1. The van der Waals surface area contributed by atoms with E-state index in [0.29, 0.717) is 43.4 Å². The van der Waals surface area contributed by atoms with Crippen molar-refractivity contribution in [2.45, 2.75) is 19.5 Å². The van der Waals surface area contributed by atoms with Crippen LogP contribution < -0.4 is 0 Å². The molecule has 0 radical (unpaired) electrons.